The normalized spacial score (nSPS) is 29.4. The standard InChI is InChI=1S/C13H27N3/c1-13(4-6-14(2)7-5-13)12-16-10-8-15(3)9-11-16/h4-12H2,1-3H3. The van der Waals surface area contributed by atoms with Crippen LogP contribution in [0.2, 0.25) is 0 Å². The maximum absolute atomic E-state index is 2.67. The van der Waals surface area contributed by atoms with Gasteiger partial charge in [-0.05, 0) is 45.4 Å². The number of likely N-dealkylation sites (N-methyl/N-ethyl adjacent to an activating group) is 1. The van der Waals surface area contributed by atoms with Gasteiger partial charge < -0.3 is 14.7 Å². The maximum Gasteiger partial charge on any atom is 0.0110 e. The van der Waals surface area contributed by atoms with Crippen LogP contribution in [-0.2, 0) is 0 Å². The molecule has 2 rings (SSSR count). The summed E-state index contributed by atoms with van der Waals surface area (Å²) in [6.07, 6.45) is 2.74. The van der Waals surface area contributed by atoms with Gasteiger partial charge in [-0.15, -0.1) is 0 Å². The highest BCUT2D eigenvalue weighted by Crippen LogP contribution is 2.31. The first kappa shape index (κ1) is 12.3. The van der Waals surface area contributed by atoms with Gasteiger partial charge in [0, 0.05) is 32.7 Å². The lowest BCUT2D eigenvalue weighted by Gasteiger charge is -2.43. The topological polar surface area (TPSA) is 9.72 Å². The Hall–Kier alpha value is -0.120. The molecule has 2 aliphatic heterocycles. The molecular formula is C13H27N3. The van der Waals surface area contributed by atoms with Crippen molar-refractivity contribution in [2.24, 2.45) is 5.41 Å². The van der Waals surface area contributed by atoms with Gasteiger partial charge in [0.15, 0.2) is 0 Å². The average Bonchev–Trinajstić information content (AvgIpc) is 2.27. The lowest BCUT2D eigenvalue weighted by molar-refractivity contribution is 0.0615. The van der Waals surface area contributed by atoms with Gasteiger partial charge in [-0.1, -0.05) is 6.92 Å². The molecule has 3 nitrogen and oxygen atoms in total. The minimum atomic E-state index is 0.572. The molecule has 0 radical (unpaired) electrons. The summed E-state index contributed by atoms with van der Waals surface area (Å²) in [6, 6.07) is 0. The summed E-state index contributed by atoms with van der Waals surface area (Å²) < 4.78 is 0. The van der Waals surface area contributed by atoms with Crippen LogP contribution in [0.1, 0.15) is 19.8 Å². The van der Waals surface area contributed by atoms with Crippen molar-refractivity contribution in [3.8, 4) is 0 Å². The van der Waals surface area contributed by atoms with E-state index >= 15 is 0 Å². The van der Waals surface area contributed by atoms with Crippen molar-refractivity contribution >= 4 is 0 Å². The highest BCUT2D eigenvalue weighted by Gasteiger charge is 2.31. The van der Waals surface area contributed by atoms with E-state index in [2.05, 4.69) is 35.7 Å². The molecule has 0 atom stereocenters. The second-order valence-electron chi connectivity index (χ2n) is 6.19. The van der Waals surface area contributed by atoms with E-state index in [9.17, 15) is 0 Å². The summed E-state index contributed by atoms with van der Waals surface area (Å²) >= 11 is 0. The Morgan fingerprint density at radius 3 is 1.88 bits per heavy atom. The van der Waals surface area contributed by atoms with Crippen LogP contribution in [0.3, 0.4) is 0 Å². The Bertz CT molecular complexity index is 213. The number of nitrogens with zero attached hydrogens (tertiary/aromatic N) is 3. The number of piperidine rings is 1. The largest absolute Gasteiger partial charge is 0.306 e. The molecule has 0 aliphatic carbocycles. The fourth-order valence-corrected chi connectivity index (χ4v) is 2.86. The molecule has 0 aromatic rings. The van der Waals surface area contributed by atoms with Gasteiger partial charge in [0.25, 0.3) is 0 Å². The predicted octanol–water partition coefficient (Wildman–Crippen LogP) is 0.966. The highest BCUT2D eigenvalue weighted by atomic mass is 15.2. The van der Waals surface area contributed by atoms with E-state index in [1.165, 1.54) is 58.7 Å². The van der Waals surface area contributed by atoms with Gasteiger partial charge in [0.05, 0.1) is 0 Å². The van der Waals surface area contributed by atoms with Crippen LogP contribution in [0.5, 0.6) is 0 Å². The third-order valence-corrected chi connectivity index (χ3v) is 4.40. The molecule has 0 spiro atoms. The third-order valence-electron chi connectivity index (χ3n) is 4.40. The van der Waals surface area contributed by atoms with Gasteiger partial charge >= 0.3 is 0 Å². The van der Waals surface area contributed by atoms with Crippen molar-refractivity contribution in [3.05, 3.63) is 0 Å². The van der Waals surface area contributed by atoms with E-state index in [-0.39, 0.29) is 0 Å². The Kier molecular flexibility index (Phi) is 3.88. The minimum absolute atomic E-state index is 0.572. The van der Waals surface area contributed by atoms with E-state index in [0.29, 0.717) is 5.41 Å². The van der Waals surface area contributed by atoms with Gasteiger partial charge in [-0.2, -0.15) is 0 Å². The first-order chi connectivity index (χ1) is 7.57. The summed E-state index contributed by atoms with van der Waals surface area (Å²) in [4.78, 5) is 7.57. The molecule has 0 saturated carbocycles. The third kappa shape index (κ3) is 3.19. The molecule has 2 heterocycles. The van der Waals surface area contributed by atoms with Crippen molar-refractivity contribution in [2.45, 2.75) is 19.8 Å². The second-order valence-corrected chi connectivity index (χ2v) is 6.19. The first-order valence-corrected chi connectivity index (χ1v) is 6.67. The van der Waals surface area contributed by atoms with Gasteiger partial charge in [-0.25, -0.2) is 0 Å². The lowest BCUT2D eigenvalue weighted by Crippen LogP contribution is -2.50. The van der Waals surface area contributed by atoms with Gasteiger partial charge in [-0.3, -0.25) is 0 Å². The van der Waals surface area contributed by atoms with E-state index in [0.717, 1.165) is 0 Å². The molecule has 3 heteroatoms. The highest BCUT2D eigenvalue weighted by molar-refractivity contribution is 4.85. The SMILES string of the molecule is CN1CCN(CC2(C)CCN(C)CC2)CC1. The summed E-state index contributed by atoms with van der Waals surface area (Å²) in [5, 5.41) is 0. The molecule has 2 saturated heterocycles. The van der Waals surface area contributed by atoms with Crippen LogP contribution >= 0.6 is 0 Å². The number of piperazine rings is 1. The number of hydrogen-bond acceptors (Lipinski definition) is 3. The van der Waals surface area contributed by atoms with Gasteiger partial charge in [0.1, 0.15) is 0 Å². The van der Waals surface area contributed by atoms with Crippen molar-refractivity contribution in [2.75, 3.05) is 59.9 Å². The molecule has 0 aromatic carbocycles. The Balaban J connectivity index is 1.80. The van der Waals surface area contributed by atoms with Crippen LogP contribution in [0, 0.1) is 5.41 Å². The fourth-order valence-electron chi connectivity index (χ4n) is 2.86. The quantitative estimate of drug-likeness (QED) is 0.693. The lowest BCUT2D eigenvalue weighted by atomic mass is 9.80. The minimum Gasteiger partial charge on any atom is -0.306 e. The van der Waals surface area contributed by atoms with Gasteiger partial charge in [0.2, 0.25) is 0 Å². The Morgan fingerprint density at radius 2 is 1.31 bits per heavy atom. The second kappa shape index (κ2) is 5.03. The van der Waals surface area contributed by atoms with E-state index < -0.39 is 0 Å². The average molecular weight is 225 g/mol. The molecule has 0 bridgehead atoms. The zero-order chi connectivity index (χ0) is 11.6. The van der Waals surface area contributed by atoms with Crippen LogP contribution in [0.15, 0.2) is 0 Å². The molecule has 2 aliphatic rings. The summed E-state index contributed by atoms with van der Waals surface area (Å²) in [6.45, 7) is 11.4. The van der Waals surface area contributed by atoms with E-state index in [4.69, 9.17) is 0 Å². The molecule has 0 unspecified atom stereocenters. The zero-order valence-corrected chi connectivity index (χ0v) is 11.2. The van der Waals surface area contributed by atoms with E-state index in [1.807, 2.05) is 0 Å². The molecule has 16 heavy (non-hydrogen) atoms. The summed E-state index contributed by atoms with van der Waals surface area (Å²) in [7, 11) is 4.48. The zero-order valence-electron chi connectivity index (χ0n) is 11.2. The number of hydrogen-bond donors (Lipinski definition) is 0. The number of rotatable bonds is 2. The fraction of sp³-hybridized carbons (Fsp3) is 1.00. The molecule has 2 fully saturated rings. The van der Waals surface area contributed by atoms with Crippen molar-refractivity contribution in [1.29, 1.82) is 0 Å². The van der Waals surface area contributed by atoms with Crippen molar-refractivity contribution in [3.63, 3.8) is 0 Å². The maximum atomic E-state index is 2.67. The summed E-state index contributed by atoms with van der Waals surface area (Å²) in [5.41, 5.74) is 0.572. The molecule has 0 amide bonds. The molecule has 94 valence electrons. The van der Waals surface area contributed by atoms with Crippen LogP contribution in [0.25, 0.3) is 0 Å². The van der Waals surface area contributed by atoms with Crippen LogP contribution in [0.4, 0.5) is 0 Å². The molecular weight excluding hydrogens is 198 g/mol. The molecule has 0 N–H and O–H groups in total. The van der Waals surface area contributed by atoms with Crippen LogP contribution < -0.4 is 0 Å². The predicted molar refractivity (Wildman–Crippen MR) is 68.8 cm³/mol. The van der Waals surface area contributed by atoms with Crippen molar-refractivity contribution < 1.29 is 0 Å². The first-order valence-electron chi connectivity index (χ1n) is 6.67. The number of likely N-dealkylation sites (tertiary alicyclic amines) is 1. The van der Waals surface area contributed by atoms with Crippen LogP contribution in [-0.4, -0.2) is 74.6 Å². The Labute approximate surface area is 100 Å². The summed E-state index contributed by atoms with van der Waals surface area (Å²) in [5.74, 6) is 0. The monoisotopic (exact) mass is 225 g/mol. The smallest absolute Gasteiger partial charge is 0.0110 e. The Morgan fingerprint density at radius 1 is 0.812 bits per heavy atom. The van der Waals surface area contributed by atoms with E-state index in [1.54, 1.807) is 0 Å². The van der Waals surface area contributed by atoms with Crippen molar-refractivity contribution in [1.82, 2.24) is 14.7 Å². The molecule has 0 aromatic heterocycles.